The molecule has 21 heavy (non-hydrogen) atoms. The molecule has 0 aliphatic heterocycles. The largest absolute Gasteiger partial charge is 0.370 e. The molecule has 0 saturated heterocycles. The van der Waals surface area contributed by atoms with Gasteiger partial charge in [0.15, 0.2) is 0 Å². The molecule has 1 heterocycles. The normalized spacial score (nSPS) is 15.1. The second-order valence-corrected chi connectivity index (χ2v) is 5.33. The summed E-state index contributed by atoms with van der Waals surface area (Å²) in [5.41, 5.74) is 0.495. The van der Waals surface area contributed by atoms with E-state index < -0.39 is 6.04 Å². The van der Waals surface area contributed by atoms with Gasteiger partial charge in [0.2, 0.25) is 5.91 Å². The molecule has 1 unspecified atom stereocenters. The smallest absolute Gasteiger partial charge is 0.252 e. The Labute approximate surface area is 124 Å². The molecule has 6 nitrogen and oxygen atoms in total. The molecule has 1 aromatic heterocycles. The summed E-state index contributed by atoms with van der Waals surface area (Å²) in [6, 6.07) is 3.08. The fourth-order valence-electron chi connectivity index (χ4n) is 1.82. The third kappa shape index (κ3) is 4.73. The standard InChI is InChI=1S/C15H22N4O2/c1-3-7-16-13-9-11(6-8-17-13)15(21)18-10(2)14(20)19-12-4-5-12/h6,8-10,12H,3-5,7H2,1-2H3,(H,16,17)(H,18,21)(H,19,20). The first-order chi connectivity index (χ1) is 10.1. The van der Waals surface area contributed by atoms with E-state index in [4.69, 9.17) is 0 Å². The van der Waals surface area contributed by atoms with Crippen molar-refractivity contribution in [1.29, 1.82) is 0 Å². The summed E-state index contributed by atoms with van der Waals surface area (Å²) in [4.78, 5) is 28.1. The maximum Gasteiger partial charge on any atom is 0.252 e. The van der Waals surface area contributed by atoms with Crippen molar-refractivity contribution < 1.29 is 9.59 Å². The van der Waals surface area contributed by atoms with E-state index in [0.717, 1.165) is 25.8 Å². The predicted molar refractivity (Wildman–Crippen MR) is 81.1 cm³/mol. The number of carbonyl (C=O) groups is 2. The Morgan fingerprint density at radius 1 is 1.43 bits per heavy atom. The van der Waals surface area contributed by atoms with E-state index >= 15 is 0 Å². The fraction of sp³-hybridized carbons (Fsp3) is 0.533. The summed E-state index contributed by atoms with van der Waals surface area (Å²) < 4.78 is 0. The molecule has 0 aromatic carbocycles. The van der Waals surface area contributed by atoms with Gasteiger partial charge in [-0.2, -0.15) is 0 Å². The number of nitrogens with zero attached hydrogens (tertiary/aromatic N) is 1. The molecule has 6 heteroatoms. The molecule has 0 bridgehead atoms. The van der Waals surface area contributed by atoms with Gasteiger partial charge in [-0.05, 0) is 38.3 Å². The SMILES string of the molecule is CCCNc1cc(C(=O)NC(C)C(=O)NC2CC2)ccn1. The van der Waals surface area contributed by atoms with E-state index in [2.05, 4.69) is 27.9 Å². The van der Waals surface area contributed by atoms with Crippen LogP contribution in [0.3, 0.4) is 0 Å². The molecule has 1 aromatic rings. The Kier molecular flexibility index (Phi) is 5.14. The Morgan fingerprint density at radius 3 is 2.86 bits per heavy atom. The Bertz CT molecular complexity index is 514. The Hall–Kier alpha value is -2.11. The first-order valence-electron chi connectivity index (χ1n) is 7.41. The first kappa shape index (κ1) is 15.3. The molecular weight excluding hydrogens is 268 g/mol. The molecule has 2 rings (SSSR count). The number of hydrogen-bond donors (Lipinski definition) is 3. The fourth-order valence-corrected chi connectivity index (χ4v) is 1.82. The van der Waals surface area contributed by atoms with Crippen LogP contribution in [0.5, 0.6) is 0 Å². The Morgan fingerprint density at radius 2 is 2.19 bits per heavy atom. The van der Waals surface area contributed by atoms with Crippen molar-refractivity contribution in [3.63, 3.8) is 0 Å². The molecule has 2 amide bonds. The monoisotopic (exact) mass is 290 g/mol. The zero-order valence-electron chi connectivity index (χ0n) is 12.5. The number of rotatable bonds is 7. The lowest BCUT2D eigenvalue weighted by Gasteiger charge is -2.14. The summed E-state index contributed by atoms with van der Waals surface area (Å²) in [5.74, 6) is 0.263. The van der Waals surface area contributed by atoms with E-state index in [-0.39, 0.29) is 11.8 Å². The van der Waals surface area contributed by atoms with Crippen LogP contribution in [0.15, 0.2) is 18.3 Å². The van der Waals surface area contributed by atoms with Crippen LogP contribution in [-0.2, 0) is 4.79 Å². The van der Waals surface area contributed by atoms with Crippen molar-refractivity contribution in [1.82, 2.24) is 15.6 Å². The lowest BCUT2D eigenvalue weighted by molar-refractivity contribution is -0.122. The van der Waals surface area contributed by atoms with Crippen LogP contribution in [-0.4, -0.2) is 35.4 Å². The summed E-state index contributed by atoms with van der Waals surface area (Å²) in [6.45, 7) is 4.55. The maximum absolute atomic E-state index is 12.1. The average Bonchev–Trinajstić information content (AvgIpc) is 3.29. The highest BCUT2D eigenvalue weighted by atomic mass is 16.2. The van der Waals surface area contributed by atoms with Crippen molar-refractivity contribution in [2.24, 2.45) is 0 Å². The molecular formula is C15H22N4O2. The van der Waals surface area contributed by atoms with E-state index in [1.807, 2.05) is 0 Å². The average molecular weight is 290 g/mol. The van der Waals surface area contributed by atoms with Gasteiger partial charge in [-0.15, -0.1) is 0 Å². The third-order valence-electron chi connectivity index (χ3n) is 3.24. The van der Waals surface area contributed by atoms with Crippen molar-refractivity contribution in [2.45, 2.75) is 45.2 Å². The summed E-state index contributed by atoms with van der Waals surface area (Å²) in [6.07, 6.45) is 4.63. The molecule has 0 radical (unpaired) electrons. The molecule has 0 spiro atoms. The molecule has 1 aliphatic carbocycles. The predicted octanol–water partition coefficient (Wildman–Crippen LogP) is 1.30. The number of aromatic nitrogens is 1. The van der Waals surface area contributed by atoms with E-state index in [9.17, 15) is 9.59 Å². The van der Waals surface area contributed by atoms with Gasteiger partial charge in [0.25, 0.3) is 5.91 Å². The maximum atomic E-state index is 12.1. The van der Waals surface area contributed by atoms with Crippen molar-refractivity contribution >= 4 is 17.6 Å². The minimum absolute atomic E-state index is 0.135. The summed E-state index contributed by atoms with van der Waals surface area (Å²) in [5, 5.41) is 8.71. The van der Waals surface area contributed by atoms with Gasteiger partial charge in [-0.3, -0.25) is 9.59 Å². The van der Waals surface area contributed by atoms with Gasteiger partial charge in [-0.1, -0.05) is 6.92 Å². The molecule has 1 fully saturated rings. The van der Waals surface area contributed by atoms with E-state index in [1.54, 1.807) is 25.3 Å². The summed E-state index contributed by atoms with van der Waals surface area (Å²) >= 11 is 0. The van der Waals surface area contributed by atoms with Gasteiger partial charge in [0.1, 0.15) is 11.9 Å². The van der Waals surface area contributed by atoms with Crippen LogP contribution in [0.25, 0.3) is 0 Å². The third-order valence-corrected chi connectivity index (χ3v) is 3.24. The van der Waals surface area contributed by atoms with Gasteiger partial charge in [0, 0.05) is 24.3 Å². The van der Waals surface area contributed by atoms with Crippen LogP contribution >= 0.6 is 0 Å². The van der Waals surface area contributed by atoms with Crippen LogP contribution < -0.4 is 16.0 Å². The van der Waals surface area contributed by atoms with Crippen LogP contribution in [0.4, 0.5) is 5.82 Å². The van der Waals surface area contributed by atoms with Crippen LogP contribution in [0, 0.1) is 0 Å². The van der Waals surface area contributed by atoms with Crippen molar-refractivity contribution in [3.8, 4) is 0 Å². The van der Waals surface area contributed by atoms with Gasteiger partial charge in [-0.25, -0.2) is 4.98 Å². The Balaban J connectivity index is 1.90. The van der Waals surface area contributed by atoms with Gasteiger partial charge in [0.05, 0.1) is 0 Å². The topological polar surface area (TPSA) is 83.1 Å². The van der Waals surface area contributed by atoms with Crippen molar-refractivity contribution in [2.75, 3.05) is 11.9 Å². The van der Waals surface area contributed by atoms with E-state index in [1.165, 1.54) is 0 Å². The first-order valence-corrected chi connectivity index (χ1v) is 7.41. The molecule has 1 aliphatic rings. The summed E-state index contributed by atoms with van der Waals surface area (Å²) in [7, 11) is 0. The lowest BCUT2D eigenvalue weighted by atomic mass is 10.2. The number of anilines is 1. The highest BCUT2D eigenvalue weighted by Crippen LogP contribution is 2.18. The molecule has 3 N–H and O–H groups in total. The minimum Gasteiger partial charge on any atom is -0.370 e. The highest BCUT2D eigenvalue weighted by Gasteiger charge is 2.26. The van der Waals surface area contributed by atoms with Gasteiger partial charge < -0.3 is 16.0 Å². The van der Waals surface area contributed by atoms with Gasteiger partial charge >= 0.3 is 0 Å². The number of hydrogen-bond acceptors (Lipinski definition) is 4. The second kappa shape index (κ2) is 7.06. The minimum atomic E-state index is -0.543. The molecule has 1 atom stereocenters. The zero-order chi connectivity index (χ0) is 15.2. The quantitative estimate of drug-likeness (QED) is 0.707. The lowest BCUT2D eigenvalue weighted by Crippen LogP contribution is -2.45. The number of pyridine rings is 1. The number of nitrogens with one attached hydrogen (secondary N) is 3. The molecule has 114 valence electrons. The number of carbonyl (C=O) groups excluding carboxylic acids is 2. The molecule has 1 saturated carbocycles. The zero-order valence-corrected chi connectivity index (χ0v) is 12.5. The van der Waals surface area contributed by atoms with Crippen molar-refractivity contribution in [3.05, 3.63) is 23.9 Å². The highest BCUT2D eigenvalue weighted by molar-refractivity contribution is 5.97. The van der Waals surface area contributed by atoms with Crippen LogP contribution in [0.1, 0.15) is 43.5 Å². The van der Waals surface area contributed by atoms with E-state index in [0.29, 0.717) is 17.4 Å². The second-order valence-electron chi connectivity index (χ2n) is 5.33. The number of amides is 2. The van der Waals surface area contributed by atoms with Crippen LogP contribution in [0.2, 0.25) is 0 Å².